The van der Waals surface area contributed by atoms with Gasteiger partial charge >= 0.3 is 0 Å². The average molecular weight is 582 g/mol. The summed E-state index contributed by atoms with van der Waals surface area (Å²) in [6.07, 6.45) is 4.48. The Balaban J connectivity index is 1.37. The van der Waals surface area contributed by atoms with Crippen molar-refractivity contribution in [1.29, 1.82) is 0 Å². The first-order valence-corrected chi connectivity index (χ1v) is 14.4. The number of amides is 2. The van der Waals surface area contributed by atoms with Gasteiger partial charge in [0.15, 0.2) is 5.82 Å². The second-order valence-corrected chi connectivity index (χ2v) is 10.7. The molecule has 0 radical (unpaired) electrons. The molecule has 0 aliphatic carbocycles. The largest absolute Gasteiger partial charge is 0.494 e. The summed E-state index contributed by atoms with van der Waals surface area (Å²) >= 11 is 0. The van der Waals surface area contributed by atoms with Crippen molar-refractivity contribution in [3.63, 3.8) is 0 Å². The third kappa shape index (κ3) is 5.73. The molecule has 0 atom stereocenters. The molecule has 0 saturated carbocycles. The zero-order valence-electron chi connectivity index (χ0n) is 24.4. The summed E-state index contributed by atoms with van der Waals surface area (Å²) in [6.45, 7) is 8.57. The van der Waals surface area contributed by atoms with Crippen molar-refractivity contribution in [1.82, 2.24) is 19.8 Å². The summed E-state index contributed by atoms with van der Waals surface area (Å²) in [5.41, 5.74) is 3.44. The van der Waals surface area contributed by atoms with Gasteiger partial charge in [0.25, 0.3) is 5.91 Å². The highest BCUT2D eigenvalue weighted by atomic mass is 16.5. The molecule has 1 aromatic heterocycles. The van der Waals surface area contributed by atoms with Gasteiger partial charge in [0, 0.05) is 62.9 Å². The highest BCUT2D eigenvalue weighted by molar-refractivity contribution is 6.20. The fourth-order valence-corrected chi connectivity index (χ4v) is 5.44. The lowest BCUT2D eigenvalue weighted by Crippen LogP contribution is -2.50. The summed E-state index contributed by atoms with van der Waals surface area (Å²) in [7, 11) is 3.77. The molecule has 0 spiro atoms. The average Bonchev–Trinajstić information content (AvgIpc) is 3.28. The summed E-state index contributed by atoms with van der Waals surface area (Å²) in [5, 5.41) is 6.10. The number of methoxy groups -OCH3 is 1. The first kappa shape index (κ1) is 28.2. The zero-order valence-corrected chi connectivity index (χ0v) is 24.4. The zero-order chi connectivity index (χ0) is 29.9. The number of benzene rings is 2. The molecule has 43 heavy (non-hydrogen) atoms. The molecule has 12 nitrogen and oxygen atoms in total. The molecular weight excluding hydrogens is 546 g/mol. The highest BCUT2D eigenvalue weighted by Crippen LogP contribution is 2.37. The van der Waals surface area contributed by atoms with Crippen LogP contribution in [0.1, 0.15) is 23.2 Å². The normalized spacial score (nSPS) is 16.9. The Kier molecular flexibility index (Phi) is 7.93. The number of carbonyl (C=O) groups is 2. The number of anilines is 6. The maximum atomic E-state index is 13.6. The number of carbonyl (C=O) groups excluding carboxylic acids is 2. The lowest BCUT2D eigenvalue weighted by Gasteiger charge is -2.37. The van der Waals surface area contributed by atoms with E-state index in [4.69, 9.17) is 14.7 Å². The number of nitrogens with zero attached hydrogens (tertiary/aromatic N) is 7. The van der Waals surface area contributed by atoms with E-state index in [2.05, 4.69) is 45.1 Å². The van der Waals surface area contributed by atoms with E-state index < -0.39 is 0 Å². The first-order valence-electron chi connectivity index (χ1n) is 14.4. The second kappa shape index (κ2) is 12.1. The number of piperazine rings is 1. The number of guanidine groups is 1. The Morgan fingerprint density at radius 2 is 1.88 bits per heavy atom. The minimum absolute atomic E-state index is 0.191. The minimum atomic E-state index is -0.318. The fraction of sp³-hybridized carbons (Fsp3) is 0.323. The summed E-state index contributed by atoms with van der Waals surface area (Å²) in [4.78, 5) is 48.0. The van der Waals surface area contributed by atoms with Gasteiger partial charge in [0.2, 0.25) is 17.8 Å². The summed E-state index contributed by atoms with van der Waals surface area (Å²) in [6, 6.07) is 13.4. The van der Waals surface area contributed by atoms with Crippen LogP contribution < -0.4 is 25.2 Å². The molecule has 0 bridgehead atoms. The standard InChI is InChI=1S/C31H35N9O3/c1-4-27(41)34-21-8-7-9-23(18-21)40-28-24(29(42)39-13-6-5-12-32-31(39)40)20-33-30(36-28)35-25-11-10-22(19-26(25)43-3)38-16-14-37(2)15-17-38/h4,7-11,18-20H,1,5-6,12-17H2,2-3H3,(H,34,41)(H,33,35,36). The molecule has 222 valence electrons. The van der Waals surface area contributed by atoms with Gasteiger partial charge in [-0.3, -0.25) is 24.4 Å². The van der Waals surface area contributed by atoms with Crippen LogP contribution in [0.3, 0.4) is 0 Å². The lowest BCUT2D eigenvalue weighted by atomic mass is 10.1. The third-order valence-corrected chi connectivity index (χ3v) is 7.80. The molecule has 3 aliphatic heterocycles. The molecule has 3 aliphatic rings. The Morgan fingerprint density at radius 1 is 1.05 bits per heavy atom. The van der Waals surface area contributed by atoms with Crippen LogP contribution in [-0.2, 0) is 4.79 Å². The van der Waals surface area contributed by atoms with Gasteiger partial charge in [-0.2, -0.15) is 4.98 Å². The number of hydrogen-bond acceptors (Lipinski definition) is 10. The molecule has 1 fully saturated rings. The van der Waals surface area contributed by atoms with E-state index in [-0.39, 0.29) is 11.8 Å². The van der Waals surface area contributed by atoms with Crippen molar-refractivity contribution in [3.05, 3.63) is 66.9 Å². The molecular formula is C31H35N9O3. The topological polar surface area (TPSA) is 119 Å². The molecule has 2 N–H and O–H groups in total. The number of aliphatic imine (C=N–C) groups is 1. The van der Waals surface area contributed by atoms with Crippen LogP contribution >= 0.6 is 0 Å². The van der Waals surface area contributed by atoms with Crippen molar-refractivity contribution in [2.75, 3.05) is 73.9 Å². The number of fused-ring (bicyclic) bond motifs is 2. The molecule has 1 saturated heterocycles. The molecule has 2 aromatic carbocycles. The van der Waals surface area contributed by atoms with E-state index >= 15 is 0 Å². The van der Waals surface area contributed by atoms with Crippen LogP contribution in [0.5, 0.6) is 5.75 Å². The summed E-state index contributed by atoms with van der Waals surface area (Å²) in [5.74, 6) is 1.36. The van der Waals surface area contributed by atoms with E-state index in [9.17, 15) is 9.59 Å². The number of hydrogen-bond donors (Lipinski definition) is 2. The van der Waals surface area contributed by atoms with Gasteiger partial charge in [-0.15, -0.1) is 0 Å². The molecule has 4 heterocycles. The van der Waals surface area contributed by atoms with E-state index in [0.29, 0.717) is 59.2 Å². The molecule has 6 rings (SSSR count). The van der Waals surface area contributed by atoms with Crippen molar-refractivity contribution >= 4 is 52.3 Å². The van der Waals surface area contributed by atoms with E-state index in [1.54, 1.807) is 24.3 Å². The van der Waals surface area contributed by atoms with Crippen LogP contribution in [0.15, 0.2) is 66.3 Å². The SMILES string of the molecule is C=CC(=O)Nc1cccc(N2C3=NCCCCN3C(=O)c3cnc(Nc4ccc(N5CCN(C)CC5)cc4OC)nc32)c1. The summed E-state index contributed by atoms with van der Waals surface area (Å²) < 4.78 is 5.74. The Morgan fingerprint density at radius 3 is 2.67 bits per heavy atom. The van der Waals surface area contributed by atoms with E-state index in [0.717, 1.165) is 44.7 Å². The van der Waals surface area contributed by atoms with Crippen LogP contribution in [0.2, 0.25) is 0 Å². The minimum Gasteiger partial charge on any atom is -0.494 e. The van der Waals surface area contributed by atoms with Crippen LogP contribution in [0.4, 0.5) is 34.5 Å². The maximum Gasteiger partial charge on any atom is 0.265 e. The first-order chi connectivity index (χ1) is 20.9. The fourth-order valence-electron chi connectivity index (χ4n) is 5.44. The molecule has 3 aromatic rings. The van der Waals surface area contributed by atoms with Gasteiger partial charge in [-0.25, -0.2) is 4.98 Å². The number of likely N-dealkylation sites (N-methyl/N-ethyl adjacent to an activating group) is 1. The number of nitrogens with one attached hydrogen (secondary N) is 2. The maximum absolute atomic E-state index is 13.6. The monoisotopic (exact) mass is 581 g/mol. The van der Waals surface area contributed by atoms with Crippen LogP contribution in [0, 0.1) is 0 Å². The van der Waals surface area contributed by atoms with E-state index in [1.807, 2.05) is 35.2 Å². The van der Waals surface area contributed by atoms with Gasteiger partial charge in [-0.05, 0) is 56.3 Å². The Bertz CT molecular complexity index is 1580. The van der Waals surface area contributed by atoms with Crippen LogP contribution in [-0.4, -0.2) is 91.0 Å². The molecule has 2 amide bonds. The predicted molar refractivity (Wildman–Crippen MR) is 168 cm³/mol. The quantitative estimate of drug-likeness (QED) is 0.401. The Labute approximate surface area is 250 Å². The third-order valence-electron chi connectivity index (χ3n) is 7.80. The van der Waals surface area contributed by atoms with Crippen molar-refractivity contribution in [3.8, 4) is 5.75 Å². The van der Waals surface area contributed by atoms with E-state index in [1.165, 1.54) is 6.08 Å². The smallest absolute Gasteiger partial charge is 0.265 e. The predicted octanol–water partition coefficient (Wildman–Crippen LogP) is 3.85. The number of ether oxygens (including phenoxy) is 1. The highest BCUT2D eigenvalue weighted by Gasteiger charge is 2.38. The van der Waals surface area contributed by atoms with Gasteiger partial charge in [0.05, 0.1) is 18.5 Å². The molecule has 12 heteroatoms. The van der Waals surface area contributed by atoms with Crippen LogP contribution in [0.25, 0.3) is 0 Å². The van der Waals surface area contributed by atoms with Gasteiger partial charge in [-0.1, -0.05) is 12.6 Å². The van der Waals surface area contributed by atoms with Crippen molar-refractivity contribution < 1.29 is 14.3 Å². The van der Waals surface area contributed by atoms with Crippen molar-refractivity contribution in [2.24, 2.45) is 4.99 Å². The van der Waals surface area contributed by atoms with Crippen molar-refractivity contribution in [2.45, 2.75) is 12.8 Å². The van der Waals surface area contributed by atoms with Gasteiger partial charge in [0.1, 0.15) is 11.3 Å². The number of rotatable bonds is 7. The molecule has 0 unspecified atom stereocenters. The van der Waals surface area contributed by atoms with Gasteiger partial charge < -0.3 is 25.2 Å². The Hall–Kier alpha value is -4.97. The lowest BCUT2D eigenvalue weighted by molar-refractivity contribution is -0.111. The second-order valence-electron chi connectivity index (χ2n) is 10.7. The number of aromatic nitrogens is 2.